The third kappa shape index (κ3) is 2.46. The van der Waals surface area contributed by atoms with Gasteiger partial charge in [-0.05, 0) is 55.8 Å². The molecule has 2 unspecified atom stereocenters. The number of H-pyrrole nitrogens is 1. The molecule has 1 aromatic rings. The highest BCUT2D eigenvalue weighted by Gasteiger charge is 2.57. The highest BCUT2D eigenvalue weighted by Crippen LogP contribution is 2.62. The number of hydrogen-bond acceptors (Lipinski definition) is 4. The number of amides is 1. The van der Waals surface area contributed by atoms with Gasteiger partial charge in [-0.25, -0.2) is 4.98 Å². The highest BCUT2D eigenvalue weighted by atomic mass is 16.3. The molecule has 4 aliphatic carbocycles. The smallest absolute Gasteiger partial charge is 0.220 e. The summed E-state index contributed by atoms with van der Waals surface area (Å²) in [6.45, 7) is 0.395. The predicted molar refractivity (Wildman–Crippen MR) is 74.9 cm³/mol. The van der Waals surface area contributed by atoms with Crippen molar-refractivity contribution in [1.29, 1.82) is 0 Å². The molecular weight excluding hydrogens is 268 g/mol. The van der Waals surface area contributed by atoms with Crippen LogP contribution in [-0.2, 0) is 11.3 Å². The number of aromatic amines is 1. The molecule has 2 atom stereocenters. The van der Waals surface area contributed by atoms with E-state index in [-0.39, 0.29) is 11.3 Å². The molecule has 21 heavy (non-hydrogen) atoms. The van der Waals surface area contributed by atoms with E-state index < -0.39 is 5.60 Å². The first-order valence-electron chi connectivity index (χ1n) is 7.88. The van der Waals surface area contributed by atoms with Gasteiger partial charge >= 0.3 is 0 Å². The van der Waals surface area contributed by atoms with Gasteiger partial charge < -0.3 is 10.4 Å². The maximum atomic E-state index is 12.3. The Bertz CT molecular complexity index is 528. The lowest BCUT2D eigenvalue weighted by Gasteiger charge is -2.60. The lowest BCUT2D eigenvalue weighted by Crippen LogP contribution is -2.56. The topological polar surface area (TPSA) is 90.9 Å². The van der Waals surface area contributed by atoms with E-state index >= 15 is 0 Å². The number of nitrogens with zero attached hydrogens (tertiary/aromatic N) is 2. The van der Waals surface area contributed by atoms with E-state index in [1.807, 2.05) is 0 Å². The first-order valence-corrected chi connectivity index (χ1v) is 7.88. The van der Waals surface area contributed by atoms with Gasteiger partial charge in [-0.2, -0.15) is 5.10 Å². The molecule has 114 valence electrons. The van der Waals surface area contributed by atoms with E-state index in [0.29, 0.717) is 30.6 Å². The van der Waals surface area contributed by atoms with Crippen LogP contribution < -0.4 is 5.32 Å². The third-order valence-corrected chi connectivity index (χ3v) is 5.60. The minimum atomic E-state index is -0.491. The fourth-order valence-electron chi connectivity index (χ4n) is 5.51. The Hall–Kier alpha value is -1.43. The molecule has 1 amide bonds. The maximum Gasteiger partial charge on any atom is 0.220 e. The predicted octanol–water partition coefficient (Wildman–Crippen LogP) is 1.14. The Morgan fingerprint density at radius 2 is 2.14 bits per heavy atom. The van der Waals surface area contributed by atoms with Crippen LogP contribution in [0.1, 0.15) is 50.8 Å². The Kier molecular flexibility index (Phi) is 2.86. The lowest BCUT2D eigenvalue weighted by atomic mass is 9.47. The Morgan fingerprint density at radius 1 is 1.38 bits per heavy atom. The third-order valence-electron chi connectivity index (χ3n) is 5.60. The lowest BCUT2D eigenvalue weighted by molar-refractivity contribution is -0.169. The molecular formula is C15H22N4O2. The molecule has 1 heterocycles. The van der Waals surface area contributed by atoms with E-state index in [1.54, 1.807) is 0 Å². The number of hydrogen-bond donors (Lipinski definition) is 3. The highest BCUT2D eigenvalue weighted by molar-refractivity contribution is 5.76. The van der Waals surface area contributed by atoms with Gasteiger partial charge in [0.2, 0.25) is 5.91 Å². The first-order chi connectivity index (χ1) is 10.0. The summed E-state index contributed by atoms with van der Waals surface area (Å²) >= 11 is 0. The second kappa shape index (κ2) is 4.53. The van der Waals surface area contributed by atoms with Crippen LogP contribution in [0.5, 0.6) is 0 Å². The average molecular weight is 290 g/mol. The molecule has 0 saturated heterocycles. The van der Waals surface area contributed by atoms with Gasteiger partial charge in [0.25, 0.3) is 0 Å². The molecule has 0 aromatic carbocycles. The molecule has 4 bridgehead atoms. The minimum absolute atomic E-state index is 0.0321. The summed E-state index contributed by atoms with van der Waals surface area (Å²) in [6.07, 6.45) is 8.16. The molecule has 4 saturated carbocycles. The Morgan fingerprint density at radius 3 is 2.76 bits per heavy atom. The van der Waals surface area contributed by atoms with Crippen molar-refractivity contribution < 1.29 is 9.90 Å². The Balaban J connectivity index is 1.41. The van der Waals surface area contributed by atoms with Crippen LogP contribution in [0, 0.1) is 17.3 Å². The number of carbonyl (C=O) groups is 1. The summed E-state index contributed by atoms with van der Waals surface area (Å²) in [6, 6.07) is 0. The van der Waals surface area contributed by atoms with Gasteiger partial charge in [-0.15, -0.1) is 0 Å². The van der Waals surface area contributed by atoms with E-state index in [9.17, 15) is 9.90 Å². The van der Waals surface area contributed by atoms with Crippen LogP contribution in [0.4, 0.5) is 0 Å². The normalized spacial score (nSPS) is 40.4. The molecule has 3 N–H and O–H groups in total. The monoisotopic (exact) mass is 290 g/mol. The van der Waals surface area contributed by atoms with Crippen LogP contribution in [0.3, 0.4) is 0 Å². The fourth-order valence-corrected chi connectivity index (χ4v) is 5.51. The van der Waals surface area contributed by atoms with Crippen molar-refractivity contribution in [2.24, 2.45) is 17.3 Å². The zero-order chi connectivity index (χ0) is 14.5. The SMILES string of the molecule is O=C(CC12CC3CC(CC(O)(C3)C1)C2)NCc1ncn[nH]1. The molecule has 4 fully saturated rings. The van der Waals surface area contributed by atoms with E-state index in [4.69, 9.17) is 0 Å². The van der Waals surface area contributed by atoms with Crippen molar-refractivity contribution in [2.45, 2.75) is 57.1 Å². The van der Waals surface area contributed by atoms with E-state index in [0.717, 1.165) is 32.1 Å². The van der Waals surface area contributed by atoms with E-state index in [1.165, 1.54) is 12.7 Å². The van der Waals surface area contributed by atoms with E-state index in [2.05, 4.69) is 20.5 Å². The second-order valence-electron chi connectivity index (χ2n) is 7.57. The zero-order valence-electron chi connectivity index (χ0n) is 12.1. The number of aromatic nitrogens is 3. The summed E-state index contributed by atoms with van der Waals surface area (Å²) in [5, 5.41) is 20.1. The zero-order valence-corrected chi connectivity index (χ0v) is 12.1. The summed E-state index contributed by atoms with van der Waals surface area (Å²) in [5.74, 6) is 1.99. The molecule has 4 aliphatic rings. The standard InChI is InChI=1S/C15H22N4O2/c20-13(16-7-12-17-9-18-19-12)6-14-2-10-1-11(3-14)5-15(21,4-10)8-14/h9-11,21H,1-8H2,(H,16,20)(H,17,18,19). The first kappa shape index (κ1) is 13.2. The van der Waals surface area contributed by atoms with Crippen LogP contribution in [0.15, 0.2) is 6.33 Å². The average Bonchev–Trinajstić information content (AvgIpc) is 2.85. The van der Waals surface area contributed by atoms with Gasteiger partial charge in [0.05, 0.1) is 12.1 Å². The quantitative estimate of drug-likeness (QED) is 0.775. The van der Waals surface area contributed by atoms with Crippen molar-refractivity contribution in [3.63, 3.8) is 0 Å². The number of rotatable bonds is 4. The van der Waals surface area contributed by atoms with Crippen LogP contribution in [0.2, 0.25) is 0 Å². The number of carbonyl (C=O) groups excluding carboxylic acids is 1. The second-order valence-corrected chi connectivity index (χ2v) is 7.57. The summed E-state index contributed by atoms with van der Waals surface area (Å²) in [7, 11) is 0. The van der Waals surface area contributed by atoms with Gasteiger partial charge in [0.1, 0.15) is 12.2 Å². The number of nitrogens with one attached hydrogen (secondary N) is 2. The number of aliphatic hydroxyl groups is 1. The largest absolute Gasteiger partial charge is 0.390 e. The summed E-state index contributed by atoms with van der Waals surface area (Å²) in [5.41, 5.74) is -0.459. The molecule has 0 aliphatic heterocycles. The van der Waals surface area contributed by atoms with Crippen LogP contribution >= 0.6 is 0 Å². The van der Waals surface area contributed by atoms with Crippen LogP contribution in [0.25, 0.3) is 0 Å². The van der Waals surface area contributed by atoms with Gasteiger partial charge in [0, 0.05) is 6.42 Å². The molecule has 5 rings (SSSR count). The summed E-state index contributed by atoms with van der Waals surface area (Å²) in [4.78, 5) is 16.3. The molecule has 0 radical (unpaired) electrons. The van der Waals surface area contributed by atoms with Gasteiger partial charge in [-0.1, -0.05) is 0 Å². The molecule has 0 spiro atoms. The van der Waals surface area contributed by atoms with Crippen molar-refractivity contribution in [3.05, 3.63) is 12.2 Å². The van der Waals surface area contributed by atoms with Gasteiger partial charge in [-0.3, -0.25) is 9.89 Å². The van der Waals surface area contributed by atoms with Crippen molar-refractivity contribution >= 4 is 5.91 Å². The van der Waals surface area contributed by atoms with Crippen molar-refractivity contribution in [3.8, 4) is 0 Å². The Labute approximate surface area is 123 Å². The molecule has 6 heteroatoms. The minimum Gasteiger partial charge on any atom is -0.390 e. The van der Waals surface area contributed by atoms with Crippen molar-refractivity contribution in [1.82, 2.24) is 20.5 Å². The molecule has 1 aromatic heterocycles. The molecule has 6 nitrogen and oxygen atoms in total. The summed E-state index contributed by atoms with van der Waals surface area (Å²) < 4.78 is 0. The fraction of sp³-hybridized carbons (Fsp3) is 0.800. The van der Waals surface area contributed by atoms with Crippen molar-refractivity contribution in [2.75, 3.05) is 0 Å². The van der Waals surface area contributed by atoms with Gasteiger partial charge in [0.15, 0.2) is 0 Å². The maximum absolute atomic E-state index is 12.3. The van der Waals surface area contributed by atoms with Crippen LogP contribution in [-0.4, -0.2) is 31.8 Å².